The van der Waals surface area contributed by atoms with Crippen LogP contribution in [0.4, 0.5) is 10.5 Å². The van der Waals surface area contributed by atoms with Crippen LogP contribution in [-0.4, -0.2) is 26.3 Å². The van der Waals surface area contributed by atoms with Gasteiger partial charge in [-0.25, -0.2) is 4.79 Å². The third-order valence-electron chi connectivity index (χ3n) is 3.49. The number of halogens is 3. The number of hydrogen-bond donors (Lipinski definition) is 2. The summed E-state index contributed by atoms with van der Waals surface area (Å²) in [6, 6.07) is 8.27. The van der Waals surface area contributed by atoms with Crippen LogP contribution in [0.15, 0.2) is 30.3 Å². The molecule has 0 fully saturated rings. The lowest BCUT2D eigenvalue weighted by molar-refractivity contribution is 0.252. The summed E-state index contributed by atoms with van der Waals surface area (Å²) >= 11 is 17.8. The number of anilines is 1. The molecule has 140 valence electrons. The van der Waals surface area contributed by atoms with Crippen LogP contribution in [0.3, 0.4) is 0 Å². The molecule has 0 unspecified atom stereocenters. The largest absolute Gasteiger partial charge is 0.493 e. The van der Waals surface area contributed by atoms with E-state index in [4.69, 9.17) is 44.3 Å². The van der Waals surface area contributed by atoms with Gasteiger partial charge in [-0.1, -0.05) is 40.9 Å². The van der Waals surface area contributed by atoms with Gasteiger partial charge in [0.2, 0.25) is 0 Å². The zero-order chi connectivity index (χ0) is 19.1. The van der Waals surface area contributed by atoms with Crippen molar-refractivity contribution in [3.05, 3.63) is 51.0 Å². The van der Waals surface area contributed by atoms with Crippen LogP contribution in [0.2, 0.25) is 15.1 Å². The molecule has 2 N–H and O–H groups in total. The fourth-order valence-corrected chi connectivity index (χ4v) is 2.84. The molecular formula is C18H19Cl3N2O3. The highest BCUT2D eigenvalue weighted by molar-refractivity contribution is 6.44. The number of methoxy groups -OCH3 is 1. The Morgan fingerprint density at radius 2 is 1.77 bits per heavy atom. The van der Waals surface area contributed by atoms with Crippen molar-refractivity contribution in [2.24, 2.45) is 0 Å². The van der Waals surface area contributed by atoms with Crippen molar-refractivity contribution < 1.29 is 14.3 Å². The van der Waals surface area contributed by atoms with Crippen LogP contribution >= 0.6 is 34.8 Å². The summed E-state index contributed by atoms with van der Waals surface area (Å²) in [5.74, 6) is 1.36. The monoisotopic (exact) mass is 416 g/mol. The zero-order valence-corrected chi connectivity index (χ0v) is 16.6. The highest BCUT2D eigenvalue weighted by Gasteiger charge is 2.10. The lowest BCUT2D eigenvalue weighted by Crippen LogP contribution is -2.30. The first-order valence-electron chi connectivity index (χ1n) is 7.93. The Kier molecular flexibility index (Phi) is 7.69. The van der Waals surface area contributed by atoms with Gasteiger partial charge in [0.25, 0.3) is 0 Å². The molecule has 0 aromatic heterocycles. The molecule has 0 spiro atoms. The van der Waals surface area contributed by atoms with E-state index in [9.17, 15) is 4.79 Å². The predicted octanol–water partition coefficient (Wildman–Crippen LogP) is 5.42. The maximum atomic E-state index is 12.0. The maximum Gasteiger partial charge on any atom is 0.319 e. The molecule has 0 bridgehead atoms. The van der Waals surface area contributed by atoms with Crippen LogP contribution in [0.1, 0.15) is 12.5 Å². The number of carbonyl (C=O) groups excluding carboxylic acids is 1. The Labute approximate surface area is 167 Å². The fraction of sp³-hybridized carbons (Fsp3) is 0.278. The van der Waals surface area contributed by atoms with E-state index in [1.54, 1.807) is 7.11 Å². The first-order chi connectivity index (χ1) is 12.4. The summed E-state index contributed by atoms with van der Waals surface area (Å²) in [4.78, 5) is 12.0. The second-order valence-corrected chi connectivity index (χ2v) is 6.52. The van der Waals surface area contributed by atoms with E-state index >= 15 is 0 Å². The predicted molar refractivity (Wildman–Crippen MR) is 106 cm³/mol. The van der Waals surface area contributed by atoms with Gasteiger partial charge in [0, 0.05) is 6.54 Å². The third kappa shape index (κ3) is 5.59. The molecule has 2 aromatic carbocycles. The summed E-state index contributed by atoms with van der Waals surface area (Å²) in [5.41, 5.74) is 1.40. The van der Waals surface area contributed by atoms with E-state index in [0.29, 0.717) is 51.8 Å². The first kappa shape index (κ1) is 20.5. The molecule has 0 heterocycles. The third-order valence-corrected chi connectivity index (χ3v) is 4.52. The number of ether oxygens (including phenoxy) is 2. The van der Waals surface area contributed by atoms with Gasteiger partial charge < -0.3 is 20.1 Å². The molecule has 2 rings (SSSR count). The number of urea groups is 1. The quantitative estimate of drug-likeness (QED) is 0.591. The molecule has 0 atom stereocenters. The van der Waals surface area contributed by atoms with Gasteiger partial charge in [-0.15, -0.1) is 0 Å². The number of amides is 2. The van der Waals surface area contributed by atoms with Gasteiger partial charge in [0.05, 0.1) is 34.5 Å². The summed E-state index contributed by atoms with van der Waals surface area (Å²) in [7, 11) is 1.59. The second kappa shape index (κ2) is 9.76. The Morgan fingerprint density at radius 1 is 1.04 bits per heavy atom. The highest BCUT2D eigenvalue weighted by atomic mass is 35.5. The van der Waals surface area contributed by atoms with Crippen molar-refractivity contribution in [2.45, 2.75) is 13.3 Å². The van der Waals surface area contributed by atoms with Crippen molar-refractivity contribution in [1.29, 1.82) is 0 Å². The average molecular weight is 418 g/mol. The number of nitrogens with one attached hydrogen (secondary N) is 2. The standard InChI is InChI=1S/C18H19Cl3N2O3/c1-3-26-16-5-4-11(8-17(16)25-2)6-7-22-18(24)23-15-10-13(20)12(19)9-14(15)21/h4-5,8-10H,3,6-7H2,1-2H3,(H2,22,23,24). The smallest absolute Gasteiger partial charge is 0.319 e. The number of hydrogen-bond acceptors (Lipinski definition) is 3. The molecule has 0 saturated heterocycles. The lowest BCUT2D eigenvalue weighted by atomic mass is 10.1. The van der Waals surface area contributed by atoms with E-state index in [-0.39, 0.29) is 6.03 Å². The van der Waals surface area contributed by atoms with E-state index in [1.807, 2.05) is 25.1 Å². The van der Waals surface area contributed by atoms with Crippen molar-refractivity contribution >= 4 is 46.5 Å². The molecule has 2 aromatic rings. The van der Waals surface area contributed by atoms with E-state index in [0.717, 1.165) is 5.56 Å². The topological polar surface area (TPSA) is 59.6 Å². The molecule has 2 amide bonds. The van der Waals surface area contributed by atoms with Crippen LogP contribution in [0.5, 0.6) is 11.5 Å². The van der Waals surface area contributed by atoms with Gasteiger partial charge in [-0.2, -0.15) is 0 Å². The summed E-state index contributed by atoms with van der Waals surface area (Å²) in [6.45, 7) is 2.91. The van der Waals surface area contributed by atoms with E-state index in [1.165, 1.54) is 12.1 Å². The minimum atomic E-state index is -0.386. The van der Waals surface area contributed by atoms with Crippen LogP contribution < -0.4 is 20.1 Å². The molecule has 26 heavy (non-hydrogen) atoms. The first-order valence-corrected chi connectivity index (χ1v) is 9.07. The fourth-order valence-electron chi connectivity index (χ4n) is 2.25. The zero-order valence-electron chi connectivity index (χ0n) is 14.4. The van der Waals surface area contributed by atoms with Crippen LogP contribution in [-0.2, 0) is 6.42 Å². The Bertz CT molecular complexity index is 785. The maximum absolute atomic E-state index is 12.0. The van der Waals surface area contributed by atoms with Gasteiger partial charge >= 0.3 is 6.03 Å². The van der Waals surface area contributed by atoms with Crippen LogP contribution in [0, 0.1) is 0 Å². The normalized spacial score (nSPS) is 10.3. The number of carbonyl (C=O) groups is 1. The molecule has 0 aliphatic heterocycles. The molecule has 8 heteroatoms. The van der Waals surface area contributed by atoms with Gasteiger partial charge in [-0.05, 0) is 43.2 Å². The SMILES string of the molecule is CCOc1ccc(CCNC(=O)Nc2cc(Cl)c(Cl)cc2Cl)cc1OC. The van der Waals surface area contributed by atoms with Crippen molar-refractivity contribution in [1.82, 2.24) is 5.32 Å². The summed E-state index contributed by atoms with van der Waals surface area (Å²) in [5, 5.41) is 6.35. The minimum absolute atomic E-state index is 0.311. The van der Waals surface area contributed by atoms with E-state index < -0.39 is 0 Å². The van der Waals surface area contributed by atoms with Crippen LogP contribution in [0.25, 0.3) is 0 Å². The molecule has 0 aliphatic rings. The minimum Gasteiger partial charge on any atom is -0.493 e. The number of rotatable bonds is 7. The molecule has 0 saturated carbocycles. The van der Waals surface area contributed by atoms with Gasteiger partial charge in [0.15, 0.2) is 11.5 Å². The van der Waals surface area contributed by atoms with Gasteiger partial charge in [-0.3, -0.25) is 0 Å². The summed E-state index contributed by atoms with van der Waals surface area (Å²) < 4.78 is 10.8. The summed E-state index contributed by atoms with van der Waals surface area (Å²) in [6.07, 6.45) is 0.630. The Hall–Kier alpha value is -1.82. The Balaban J connectivity index is 1.89. The molecule has 0 radical (unpaired) electrons. The Morgan fingerprint density at radius 3 is 2.46 bits per heavy atom. The molecule has 0 aliphatic carbocycles. The van der Waals surface area contributed by atoms with Gasteiger partial charge in [0.1, 0.15) is 0 Å². The lowest BCUT2D eigenvalue weighted by Gasteiger charge is -2.12. The molecular weight excluding hydrogens is 399 g/mol. The number of benzene rings is 2. The van der Waals surface area contributed by atoms with E-state index in [2.05, 4.69) is 10.6 Å². The highest BCUT2D eigenvalue weighted by Crippen LogP contribution is 2.32. The molecule has 5 nitrogen and oxygen atoms in total. The van der Waals surface area contributed by atoms with Crippen molar-refractivity contribution in [3.63, 3.8) is 0 Å². The second-order valence-electron chi connectivity index (χ2n) is 5.30. The van der Waals surface area contributed by atoms with Crippen molar-refractivity contribution in [2.75, 3.05) is 25.6 Å². The van der Waals surface area contributed by atoms with Crippen molar-refractivity contribution in [3.8, 4) is 11.5 Å². The average Bonchev–Trinajstić information content (AvgIpc) is 2.61.